The first-order valence-electron chi connectivity index (χ1n) is 5.96. The summed E-state index contributed by atoms with van der Waals surface area (Å²) in [7, 11) is 0. The summed E-state index contributed by atoms with van der Waals surface area (Å²) in [5.74, 6) is 0. The van der Waals surface area contributed by atoms with E-state index >= 15 is 0 Å². The molecule has 0 radical (unpaired) electrons. The second-order valence-electron chi connectivity index (χ2n) is 4.30. The highest BCUT2D eigenvalue weighted by Crippen LogP contribution is 2.24. The average molecular weight is 324 g/mol. The van der Waals surface area contributed by atoms with Crippen molar-refractivity contribution < 1.29 is 4.92 Å². The number of rotatable bonds is 4. The smallest absolute Gasteiger partial charge is 0.278 e. The monoisotopic (exact) mass is 323 g/mol. The van der Waals surface area contributed by atoms with E-state index in [9.17, 15) is 10.1 Å². The Kier molecular flexibility index (Phi) is 4.77. The number of halogens is 2. The number of anilines is 1. The Balaban J connectivity index is 2.12. The van der Waals surface area contributed by atoms with Crippen molar-refractivity contribution in [1.82, 2.24) is 0 Å². The van der Waals surface area contributed by atoms with Crippen LogP contribution in [0.25, 0.3) is 0 Å². The third-order valence-electron chi connectivity index (χ3n) is 2.75. The van der Waals surface area contributed by atoms with E-state index in [1.807, 2.05) is 19.1 Å². The van der Waals surface area contributed by atoms with Crippen molar-refractivity contribution >= 4 is 40.8 Å². The Hall–Kier alpha value is -2.11. The van der Waals surface area contributed by atoms with E-state index < -0.39 is 4.92 Å². The van der Waals surface area contributed by atoms with Gasteiger partial charge in [-0.1, -0.05) is 35.3 Å². The number of nitrogens with zero attached hydrogens (tertiary/aromatic N) is 2. The average Bonchev–Trinajstić information content (AvgIpc) is 2.44. The normalized spacial score (nSPS) is 10.8. The molecular weight excluding hydrogens is 313 g/mol. The maximum absolute atomic E-state index is 10.8. The van der Waals surface area contributed by atoms with Gasteiger partial charge >= 0.3 is 0 Å². The molecule has 0 fully saturated rings. The first kappa shape index (κ1) is 15.3. The molecule has 0 saturated heterocycles. The molecular formula is C14H11Cl2N3O2. The fraction of sp³-hybridized carbons (Fsp3) is 0.0714. The second-order valence-corrected chi connectivity index (χ2v) is 5.12. The molecule has 0 unspecified atom stereocenters. The minimum Gasteiger partial charge on any atom is -0.278 e. The van der Waals surface area contributed by atoms with Crippen LogP contribution in [0.4, 0.5) is 11.4 Å². The Bertz CT molecular complexity index is 717. The summed E-state index contributed by atoms with van der Waals surface area (Å²) < 4.78 is 0. The van der Waals surface area contributed by atoms with Crippen molar-refractivity contribution in [2.24, 2.45) is 5.10 Å². The summed E-state index contributed by atoms with van der Waals surface area (Å²) in [6.45, 7) is 1.90. The van der Waals surface area contributed by atoms with Crippen LogP contribution in [0, 0.1) is 17.0 Å². The zero-order valence-electron chi connectivity index (χ0n) is 11.0. The molecule has 0 amide bonds. The molecule has 0 spiro atoms. The summed E-state index contributed by atoms with van der Waals surface area (Å²) in [4.78, 5) is 10.3. The molecule has 21 heavy (non-hydrogen) atoms. The van der Waals surface area contributed by atoms with Crippen LogP contribution in [0.2, 0.25) is 10.0 Å². The number of aryl methyl sites for hydroxylation is 1. The van der Waals surface area contributed by atoms with Crippen LogP contribution < -0.4 is 5.43 Å². The van der Waals surface area contributed by atoms with E-state index in [0.717, 1.165) is 11.3 Å². The molecule has 0 atom stereocenters. The molecule has 0 aliphatic rings. The third kappa shape index (κ3) is 3.93. The summed E-state index contributed by atoms with van der Waals surface area (Å²) in [6, 6.07) is 9.91. The molecule has 0 bridgehead atoms. The Morgan fingerprint density at radius 1 is 1.19 bits per heavy atom. The van der Waals surface area contributed by atoms with Gasteiger partial charge in [0.05, 0.1) is 16.8 Å². The van der Waals surface area contributed by atoms with Crippen molar-refractivity contribution in [2.45, 2.75) is 6.92 Å². The van der Waals surface area contributed by atoms with Gasteiger partial charge in [0.15, 0.2) is 0 Å². The van der Waals surface area contributed by atoms with E-state index in [-0.39, 0.29) is 10.7 Å². The van der Waals surface area contributed by atoms with Crippen molar-refractivity contribution in [1.29, 1.82) is 0 Å². The van der Waals surface area contributed by atoms with Crippen molar-refractivity contribution in [2.75, 3.05) is 5.43 Å². The minimum atomic E-state index is -0.535. The number of nitrogens with one attached hydrogen (secondary N) is 1. The predicted octanol–water partition coefficient (Wildman–Crippen LogP) is 4.66. The van der Waals surface area contributed by atoms with Crippen molar-refractivity contribution in [3.05, 3.63) is 67.7 Å². The lowest BCUT2D eigenvalue weighted by atomic mass is 10.2. The van der Waals surface area contributed by atoms with Crippen LogP contribution in [0.1, 0.15) is 11.1 Å². The van der Waals surface area contributed by atoms with E-state index in [0.29, 0.717) is 10.6 Å². The number of hydrogen-bond acceptors (Lipinski definition) is 4. The summed E-state index contributed by atoms with van der Waals surface area (Å²) in [5.41, 5.74) is 4.92. The molecule has 0 aromatic heterocycles. The first-order chi connectivity index (χ1) is 9.97. The SMILES string of the molecule is Cc1ccc(N/N=C/c2ccc(Cl)c([N+](=O)[O-])c2)cc1Cl. The van der Waals surface area contributed by atoms with Gasteiger partial charge in [0.25, 0.3) is 5.69 Å². The van der Waals surface area contributed by atoms with E-state index in [1.54, 1.807) is 12.1 Å². The molecule has 5 nitrogen and oxygen atoms in total. The molecule has 108 valence electrons. The second kappa shape index (κ2) is 6.56. The number of hydrogen-bond donors (Lipinski definition) is 1. The van der Waals surface area contributed by atoms with Crippen LogP contribution in [-0.4, -0.2) is 11.1 Å². The van der Waals surface area contributed by atoms with Crippen LogP contribution in [0.5, 0.6) is 0 Å². The molecule has 2 aromatic rings. The summed E-state index contributed by atoms with van der Waals surface area (Å²) >= 11 is 11.7. The number of hydrazone groups is 1. The fourth-order valence-corrected chi connectivity index (χ4v) is 1.96. The highest BCUT2D eigenvalue weighted by atomic mass is 35.5. The number of benzene rings is 2. The van der Waals surface area contributed by atoms with Crippen LogP contribution in [-0.2, 0) is 0 Å². The maximum atomic E-state index is 10.8. The maximum Gasteiger partial charge on any atom is 0.288 e. The van der Waals surface area contributed by atoms with E-state index in [2.05, 4.69) is 10.5 Å². The predicted molar refractivity (Wildman–Crippen MR) is 85.5 cm³/mol. The Morgan fingerprint density at radius 2 is 1.95 bits per heavy atom. The number of nitro groups is 1. The van der Waals surface area contributed by atoms with E-state index in [1.165, 1.54) is 18.3 Å². The molecule has 2 aromatic carbocycles. The van der Waals surface area contributed by atoms with Gasteiger partial charge in [0, 0.05) is 16.7 Å². The topological polar surface area (TPSA) is 67.5 Å². The lowest BCUT2D eigenvalue weighted by Gasteiger charge is -2.03. The standard InChI is InChI=1S/C14H11Cl2N3O2/c1-9-2-4-11(7-13(9)16)18-17-8-10-3-5-12(15)14(6-10)19(20)21/h2-8,18H,1H3/b17-8+. The van der Waals surface area contributed by atoms with Gasteiger partial charge in [0.1, 0.15) is 5.02 Å². The van der Waals surface area contributed by atoms with Crippen LogP contribution >= 0.6 is 23.2 Å². The van der Waals surface area contributed by atoms with Crippen molar-refractivity contribution in [3.63, 3.8) is 0 Å². The highest BCUT2D eigenvalue weighted by Gasteiger charge is 2.11. The van der Waals surface area contributed by atoms with Gasteiger partial charge in [-0.2, -0.15) is 5.10 Å². The molecule has 1 N–H and O–H groups in total. The fourth-order valence-electron chi connectivity index (χ4n) is 1.59. The van der Waals surface area contributed by atoms with Crippen molar-refractivity contribution in [3.8, 4) is 0 Å². The minimum absolute atomic E-state index is 0.0930. The number of nitro benzene ring substituents is 1. The van der Waals surface area contributed by atoms with Gasteiger partial charge < -0.3 is 0 Å². The van der Waals surface area contributed by atoms with E-state index in [4.69, 9.17) is 23.2 Å². The van der Waals surface area contributed by atoms with Gasteiger partial charge in [0.2, 0.25) is 0 Å². The lowest BCUT2D eigenvalue weighted by Crippen LogP contribution is -1.94. The first-order valence-corrected chi connectivity index (χ1v) is 6.72. The molecule has 0 aliphatic heterocycles. The van der Waals surface area contributed by atoms with Crippen LogP contribution in [0.3, 0.4) is 0 Å². The molecule has 0 aliphatic carbocycles. The largest absolute Gasteiger partial charge is 0.288 e. The van der Waals surface area contributed by atoms with Gasteiger partial charge in [-0.05, 0) is 30.7 Å². The van der Waals surface area contributed by atoms with Gasteiger partial charge in [-0.15, -0.1) is 0 Å². The van der Waals surface area contributed by atoms with Gasteiger partial charge in [-0.3, -0.25) is 15.5 Å². The Morgan fingerprint density at radius 3 is 2.62 bits per heavy atom. The zero-order chi connectivity index (χ0) is 15.4. The molecule has 0 heterocycles. The van der Waals surface area contributed by atoms with Crippen LogP contribution in [0.15, 0.2) is 41.5 Å². The molecule has 7 heteroatoms. The lowest BCUT2D eigenvalue weighted by molar-refractivity contribution is -0.384. The summed E-state index contributed by atoms with van der Waals surface area (Å²) in [6.07, 6.45) is 1.47. The molecule has 2 rings (SSSR count). The quantitative estimate of drug-likeness (QED) is 0.505. The highest BCUT2D eigenvalue weighted by molar-refractivity contribution is 6.32. The third-order valence-corrected chi connectivity index (χ3v) is 3.47. The summed E-state index contributed by atoms with van der Waals surface area (Å²) in [5, 5.41) is 15.5. The van der Waals surface area contributed by atoms with Gasteiger partial charge in [-0.25, -0.2) is 0 Å². The molecule has 0 saturated carbocycles. The zero-order valence-corrected chi connectivity index (χ0v) is 12.5. The Labute approximate surface area is 131 Å².